The van der Waals surface area contributed by atoms with Gasteiger partial charge in [-0.2, -0.15) is 0 Å². The molecule has 1 unspecified atom stereocenters. The van der Waals surface area contributed by atoms with Gasteiger partial charge in [0.1, 0.15) is 0 Å². The zero-order chi connectivity index (χ0) is 14.5. The zero-order valence-corrected chi connectivity index (χ0v) is 12.9. The smallest absolute Gasteiger partial charge is 0.239 e. The minimum Gasteiger partial charge on any atom is -0.342 e. The second-order valence-electron chi connectivity index (χ2n) is 5.63. The highest BCUT2D eigenvalue weighted by atomic mass is 16.2. The van der Waals surface area contributed by atoms with Crippen LogP contribution in [0.15, 0.2) is 24.3 Å². The van der Waals surface area contributed by atoms with Gasteiger partial charge in [0.2, 0.25) is 5.91 Å². The Morgan fingerprint density at radius 2 is 1.85 bits per heavy atom. The summed E-state index contributed by atoms with van der Waals surface area (Å²) in [4.78, 5) is 14.0. The van der Waals surface area contributed by atoms with Gasteiger partial charge < -0.3 is 10.2 Å². The summed E-state index contributed by atoms with van der Waals surface area (Å²) in [6, 6.07) is 8.68. The van der Waals surface area contributed by atoms with Crippen LogP contribution in [0.25, 0.3) is 0 Å². The van der Waals surface area contributed by atoms with E-state index < -0.39 is 0 Å². The van der Waals surface area contributed by atoms with Gasteiger partial charge >= 0.3 is 0 Å². The summed E-state index contributed by atoms with van der Waals surface area (Å²) in [5.41, 5.74) is 2.70. The SMILES string of the molecule is CCN(CC)C(=O)C(C)NCc1ccc(C2CC2)cc1. The molecule has 1 amide bonds. The van der Waals surface area contributed by atoms with E-state index in [1.54, 1.807) is 0 Å². The number of nitrogens with zero attached hydrogens (tertiary/aromatic N) is 1. The van der Waals surface area contributed by atoms with Gasteiger partial charge in [0.25, 0.3) is 0 Å². The number of carbonyl (C=O) groups excluding carboxylic acids is 1. The molecule has 1 aliphatic rings. The lowest BCUT2D eigenvalue weighted by Crippen LogP contribution is -2.44. The Labute approximate surface area is 122 Å². The molecular formula is C17H26N2O. The number of hydrogen-bond donors (Lipinski definition) is 1. The summed E-state index contributed by atoms with van der Waals surface area (Å²) < 4.78 is 0. The normalized spacial score (nSPS) is 15.9. The van der Waals surface area contributed by atoms with Crippen molar-refractivity contribution in [1.82, 2.24) is 10.2 Å². The van der Waals surface area contributed by atoms with E-state index in [1.807, 2.05) is 25.7 Å². The van der Waals surface area contributed by atoms with Crippen LogP contribution in [-0.4, -0.2) is 29.9 Å². The second-order valence-corrected chi connectivity index (χ2v) is 5.63. The molecule has 1 aliphatic carbocycles. The molecular weight excluding hydrogens is 248 g/mol. The number of rotatable bonds is 7. The average Bonchev–Trinajstić information content (AvgIpc) is 3.31. The van der Waals surface area contributed by atoms with Crippen LogP contribution < -0.4 is 5.32 Å². The molecule has 1 N–H and O–H groups in total. The Morgan fingerprint density at radius 3 is 2.35 bits per heavy atom. The third-order valence-electron chi connectivity index (χ3n) is 4.09. The topological polar surface area (TPSA) is 32.3 Å². The molecule has 0 saturated heterocycles. The number of amides is 1. The summed E-state index contributed by atoms with van der Waals surface area (Å²) in [5.74, 6) is 0.991. The first kappa shape index (κ1) is 15.0. The van der Waals surface area contributed by atoms with Gasteiger partial charge in [0.05, 0.1) is 6.04 Å². The molecule has 1 atom stereocenters. The fraction of sp³-hybridized carbons (Fsp3) is 0.588. The van der Waals surface area contributed by atoms with Gasteiger partial charge in [-0.1, -0.05) is 24.3 Å². The van der Waals surface area contributed by atoms with Crippen LogP contribution in [0.3, 0.4) is 0 Å². The van der Waals surface area contributed by atoms with E-state index in [2.05, 4.69) is 29.6 Å². The molecule has 1 saturated carbocycles. The number of likely N-dealkylation sites (N-methyl/N-ethyl adjacent to an activating group) is 1. The molecule has 0 heterocycles. The minimum atomic E-state index is -0.127. The van der Waals surface area contributed by atoms with E-state index in [0.717, 1.165) is 25.6 Å². The molecule has 3 heteroatoms. The van der Waals surface area contributed by atoms with E-state index in [1.165, 1.54) is 24.0 Å². The molecule has 0 bridgehead atoms. The van der Waals surface area contributed by atoms with Crippen LogP contribution in [0.1, 0.15) is 50.7 Å². The summed E-state index contributed by atoms with van der Waals surface area (Å²) >= 11 is 0. The maximum Gasteiger partial charge on any atom is 0.239 e. The standard InChI is InChI=1S/C17H26N2O/c1-4-19(5-2)17(20)13(3)18-12-14-6-8-15(9-7-14)16-10-11-16/h6-9,13,16,18H,4-5,10-12H2,1-3H3. The fourth-order valence-electron chi connectivity index (χ4n) is 2.49. The minimum absolute atomic E-state index is 0.127. The van der Waals surface area contributed by atoms with Gasteiger partial charge in [-0.15, -0.1) is 0 Å². The molecule has 2 rings (SSSR count). The van der Waals surface area contributed by atoms with Crippen molar-refractivity contribution in [3.05, 3.63) is 35.4 Å². The van der Waals surface area contributed by atoms with Crippen LogP contribution in [-0.2, 0) is 11.3 Å². The summed E-state index contributed by atoms with van der Waals surface area (Å²) in [6.07, 6.45) is 2.68. The number of nitrogens with one attached hydrogen (secondary N) is 1. The van der Waals surface area contributed by atoms with Crippen molar-refractivity contribution >= 4 is 5.91 Å². The highest BCUT2D eigenvalue weighted by Gasteiger charge is 2.23. The van der Waals surface area contributed by atoms with Gasteiger partial charge in [0, 0.05) is 19.6 Å². The van der Waals surface area contributed by atoms with Gasteiger partial charge in [0.15, 0.2) is 0 Å². The van der Waals surface area contributed by atoms with Crippen molar-refractivity contribution in [3.8, 4) is 0 Å². The van der Waals surface area contributed by atoms with Crippen molar-refractivity contribution in [2.24, 2.45) is 0 Å². The number of hydrogen-bond acceptors (Lipinski definition) is 2. The third kappa shape index (κ3) is 3.83. The zero-order valence-electron chi connectivity index (χ0n) is 12.9. The molecule has 0 spiro atoms. The van der Waals surface area contributed by atoms with Gasteiger partial charge in [-0.05, 0) is 50.7 Å². The monoisotopic (exact) mass is 274 g/mol. The van der Waals surface area contributed by atoms with Gasteiger partial charge in [-0.25, -0.2) is 0 Å². The Balaban J connectivity index is 1.82. The van der Waals surface area contributed by atoms with E-state index in [0.29, 0.717) is 0 Å². The molecule has 0 radical (unpaired) electrons. The second kappa shape index (κ2) is 6.89. The molecule has 0 aromatic heterocycles. The molecule has 1 aromatic carbocycles. The molecule has 1 fully saturated rings. The van der Waals surface area contributed by atoms with Crippen molar-refractivity contribution in [2.75, 3.05) is 13.1 Å². The molecule has 1 aromatic rings. The first-order valence-corrected chi connectivity index (χ1v) is 7.76. The summed E-state index contributed by atoms with van der Waals surface area (Å²) in [7, 11) is 0. The van der Waals surface area contributed by atoms with Crippen molar-refractivity contribution < 1.29 is 4.79 Å². The van der Waals surface area contributed by atoms with Crippen LogP contribution in [0.4, 0.5) is 0 Å². The Kier molecular flexibility index (Phi) is 5.18. The quantitative estimate of drug-likeness (QED) is 0.829. The molecule has 20 heavy (non-hydrogen) atoms. The van der Waals surface area contributed by atoms with Crippen molar-refractivity contribution in [3.63, 3.8) is 0 Å². The Morgan fingerprint density at radius 1 is 1.25 bits per heavy atom. The first-order valence-electron chi connectivity index (χ1n) is 7.76. The number of benzene rings is 1. The van der Waals surface area contributed by atoms with Crippen molar-refractivity contribution in [2.45, 2.75) is 52.1 Å². The lowest BCUT2D eigenvalue weighted by molar-refractivity contribution is -0.132. The van der Waals surface area contributed by atoms with Crippen molar-refractivity contribution in [1.29, 1.82) is 0 Å². The maximum atomic E-state index is 12.1. The highest BCUT2D eigenvalue weighted by molar-refractivity contribution is 5.81. The predicted molar refractivity (Wildman–Crippen MR) is 82.6 cm³/mol. The average molecular weight is 274 g/mol. The third-order valence-corrected chi connectivity index (χ3v) is 4.09. The van der Waals surface area contributed by atoms with E-state index >= 15 is 0 Å². The Bertz CT molecular complexity index is 433. The van der Waals surface area contributed by atoms with Gasteiger partial charge in [-0.3, -0.25) is 4.79 Å². The highest BCUT2D eigenvalue weighted by Crippen LogP contribution is 2.39. The largest absolute Gasteiger partial charge is 0.342 e. The number of carbonyl (C=O) groups is 1. The van der Waals surface area contributed by atoms with E-state index in [9.17, 15) is 4.79 Å². The molecule has 3 nitrogen and oxygen atoms in total. The van der Waals surface area contributed by atoms with Crippen LogP contribution in [0, 0.1) is 0 Å². The molecule has 0 aliphatic heterocycles. The molecule has 110 valence electrons. The maximum absolute atomic E-state index is 12.1. The van der Waals surface area contributed by atoms with Crippen LogP contribution >= 0.6 is 0 Å². The first-order chi connectivity index (χ1) is 9.65. The van der Waals surface area contributed by atoms with E-state index in [4.69, 9.17) is 0 Å². The lowest BCUT2D eigenvalue weighted by Gasteiger charge is -2.23. The predicted octanol–water partition coefficient (Wildman–Crippen LogP) is 2.91. The van der Waals surface area contributed by atoms with Crippen LogP contribution in [0.5, 0.6) is 0 Å². The fourth-order valence-corrected chi connectivity index (χ4v) is 2.49. The van der Waals surface area contributed by atoms with E-state index in [-0.39, 0.29) is 11.9 Å². The Hall–Kier alpha value is -1.35. The summed E-state index contributed by atoms with van der Waals surface area (Å²) in [5, 5.41) is 3.32. The van der Waals surface area contributed by atoms with Crippen LogP contribution in [0.2, 0.25) is 0 Å². The lowest BCUT2D eigenvalue weighted by atomic mass is 10.1. The summed E-state index contributed by atoms with van der Waals surface area (Å²) in [6.45, 7) is 8.28.